The molecule has 28 heavy (non-hydrogen) atoms. The topological polar surface area (TPSA) is 113 Å². The van der Waals surface area contributed by atoms with E-state index in [1.54, 1.807) is 0 Å². The van der Waals surface area contributed by atoms with Crippen molar-refractivity contribution in [3.05, 3.63) is 0 Å². The van der Waals surface area contributed by atoms with E-state index in [1.807, 2.05) is 20.8 Å². The number of hydrogen-bond donors (Lipinski definition) is 3. The fraction of sp³-hybridized carbons (Fsp3) is 0.857. The van der Waals surface area contributed by atoms with Gasteiger partial charge in [-0.05, 0) is 88.9 Å². The molecular formula is C21H33NO6. The van der Waals surface area contributed by atoms with E-state index in [2.05, 4.69) is 5.32 Å². The minimum atomic E-state index is -0.801. The lowest BCUT2D eigenvalue weighted by Gasteiger charge is -2.67. The van der Waals surface area contributed by atoms with Gasteiger partial charge in [0.25, 0.3) is 0 Å². The van der Waals surface area contributed by atoms with Crippen LogP contribution < -0.4 is 5.32 Å². The number of amides is 1. The van der Waals surface area contributed by atoms with Crippen LogP contribution in [0.3, 0.4) is 0 Å². The molecule has 4 saturated carbocycles. The van der Waals surface area contributed by atoms with Crippen LogP contribution in [0, 0.1) is 16.7 Å². The third kappa shape index (κ3) is 4.61. The quantitative estimate of drug-likeness (QED) is 0.601. The van der Waals surface area contributed by atoms with Crippen molar-refractivity contribution in [1.82, 2.24) is 5.32 Å². The van der Waals surface area contributed by atoms with Gasteiger partial charge in [0.2, 0.25) is 0 Å². The molecule has 158 valence electrons. The third-order valence-corrected chi connectivity index (χ3v) is 6.80. The van der Waals surface area contributed by atoms with Gasteiger partial charge in [-0.25, -0.2) is 4.79 Å². The highest BCUT2D eigenvalue weighted by molar-refractivity contribution is 5.69. The van der Waals surface area contributed by atoms with Crippen LogP contribution in [0.2, 0.25) is 0 Å². The van der Waals surface area contributed by atoms with Crippen molar-refractivity contribution in [2.75, 3.05) is 0 Å². The minimum Gasteiger partial charge on any atom is -0.481 e. The molecule has 7 heteroatoms. The Morgan fingerprint density at radius 3 is 1.86 bits per heavy atom. The Kier molecular flexibility index (Phi) is 5.17. The van der Waals surface area contributed by atoms with Gasteiger partial charge in [-0.3, -0.25) is 9.59 Å². The number of aliphatic carboxylic acids is 2. The number of hydrogen-bond acceptors (Lipinski definition) is 4. The molecule has 0 spiro atoms. The normalized spacial score (nSPS) is 36.2. The summed E-state index contributed by atoms with van der Waals surface area (Å²) >= 11 is 0. The van der Waals surface area contributed by atoms with Crippen molar-refractivity contribution >= 4 is 18.0 Å². The summed E-state index contributed by atoms with van der Waals surface area (Å²) in [5.74, 6) is -1.21. The molecule has 3 N–H and O–H groups in total. The number of alkyl carbamates (subject to hydrolysis) is 1. The maximum atomic E-state index is 12.6. The second-order valence-electron chi connectivity index (χ2n) is 10.7. The van der Waals surface area contributed by atoms with Crippen LogP contribution in [-0.4, -0.2) is 39.4 Å². The molecule has 4 aliphatic carbocycles. The van der Waals surface area contributed by atoms with Gasteiger partial charge in [-0.2, -0.15) is 0 Å². The van der Waals surface area contributed by atoms with Gasteiger partial charge < -0.3 is 20.3 Å². The van der Waals surface area contributed by atoms with E-state index in [9.17, 15) is 24.6 Å². The van der Waals surface area contributed by atoms with Gasteiger partial charge in [0.05, 0.1) is 0 Å². The summed E-state index contributed by atoms with van der Waals surface area (Å²) in [7, 11) is 0. The van der Waals surface area contributed by atoms with Crippen molar-refractivity contribution in [1.29, 1.82) is 0 Å². The monoisotopic (exact) mass is 395 g/mol. The fourth-order valence-corrected chi connectivity index (χ4v) is 6.81. The first kappa shape index (κ1) is 20.9. The van der Waals surface area contributed by atoms with E-state index in [0.717, 1.165) is 38.5 Å². The molecular weight excluding hydrogens is 362 g/mol. The van der Waals surface area contributed by atoms with Gasteiger partial charge in [0, 0.05) is 18.4 Å². The summed E-state index contributed by atoms with van der Waals surface area (Å²) in [6.45, 7) is 5.49. The first-order chi connectivity index (χ1) is 12.8. The van der Waals surface area contributed by atoms with Crippen molar-refractivity contribution in [2.45, 2.75) is 96.1 Å². The Hall–Kier alpha value is -1.79. The molecule has 0 heterocycles. The zero-order chi connectivity index (χ0) is 20.8. The molecule has 4 aliphatic rings. The molecule has 0 radical (unpaired) electrons. The summed E-state index contributed by atoms with van der Waals surface area (Å²) in [5.41, 5.74) is -1.27. The molecule has 7 nitrogen and oxygen atoms in total. The number of carbonyl (C=O) groups is 3. The summed E-state index contributed by atoms with van der Waals surface area (Å²) in [6.07, 6.45) is 6.20. The van der Waals surface area contributed by atoms with Gasteiger partial charge in [0.15, 0.2) is 0 Å². The maximum Gasteiger partial charge on any atom is 0.408 e. The van der Waals surface area contributed by atoms with Crippen LogP contribution in [0.25, 0.3) is 0 Å². The van der Waals surface area contributed by atoms with Gasteiger partial charge in [-0.1, -0.05) is 0 Å². The molecule has 4 bridgehead atoms. The van der Waals surface area contributed by atoms with E-state index < -0.39 is 29.2 Å². The average molecular weight is 395 g/mol. The van der Waals surface area contributed by atoms with Crippen LogP contribution in [0.5, 0.6) is 0 Å². The first-order valence-corrected chi connectivity index (χ1v) is 10.3. The summed E-state index contributed by atoms with van der Waals surface area (Å²) < 4.78 is 5.50. The molecule has 2 unspecified atom stereocenters. The van der Waals surface area contributed by atoms with E-state index >= 15 is 0 Å². The van der Waals surface area contributed by atoms with Gasteiger partial charge in [-0.15, -0.1) is 0 Å². The highest BCUT2D eigenvalue weighted by Gasteiger charge is 2.63. The molecule has 4 atom stereocenters. The van der Waals surface area contributed by atoms with E-state index in [-0.39, 0.29) is 23.7 Å². The Morgan fingerprint density at radius 1 is 0.929 bits per heavy atom. The first-order valence-electron chi connectivity index (χ1n) is 10.3. The Labute approximate surface area is 166 Å². The van der Waals surface area contributed by atoms with Crippen LogP contribution in [0.1, 0.15) is 85.0 Å². The number of nitrogens with one attached hydrogen (secondary N) is 1. The number of carbonyl (C=O) groups excluding carboxylic acids is 1. The van der Waals surface area contributed by atoms with Crippen molar-refractivity contribution in [3.63, 3.8) is 0 Å². The van der Waals surface area contributed by atoms with E-state index in [4.69, 9.17) is 4.74 Å². The average Bonchev–Trinajstić information content (AvgIpc) is 2.47. The summed E-state index contributed by atoms with van der Waals surface area (Å²) in [6, 6.07) is 0. The molecule has 0 saturated heterocycles. The summed E-state index contributed by atoms with van der Waals surface area (Å²) in [5, 5.41) is 21.6. The zero-order valence-corrected chi connectivity index (χ0v) is 17.2. The predicted molar refractivity (Wildman–Crippen MR) is 102 cm³/mol. The van der Waals surface area contributed by atoms with Crippen LogP contribution in [-0.2, 0) is 14.3 Å². The number of carboxylic acids is 2. The molecule has 4 fully saturated rings. The summed E-state index contributed by atoms with van der Waals surface area (Å²) in [4.78, 5) is 35.0. The lowest BCUT2D eigenvalue weighted by molar-refractivity contribution is -0.153. The highest BCUT2D eigenvalue weighted by Crippen LogP contribution is 2.69. The lowest BCUT2D eigenvalue weighted by atomic mass is 9.40. The largest absolute Gasteiger partial charge is 0.481 e. The number of rotatable bonds is 7. The fourth-order valence-electron chi connectivity index (χ4n) is 6.81. The molecule has 4 rings (SSSR count). The Bertz CT molecular complexity index is 632. The van der Waals surface area contributed by atoms with Crippen molar-refractivity contribution < 1.29 is 29.3 Å². The number of ether oxygens (including phenoxy) is 1. The second kappa shape index (κ2) is 6.92. The molecule has 0 aromatic carbocycles. The SMILES string of the molecule is CC(C)(C)OC(=O)NC12CC3C[C@@](CCC(=O)O)(C1)C[C@](CCC(=O)O)(C3)C2. The lowest BCUT2D eigenvalue weighted by Crippen LogP contribution is -2.66. The molecule has 0 aromatic heterocycles. The second-order valence-corrected chi connectivity index (χ2v) is 10.7. The Balaban J connectivity index is 1.85. The van der Waals surface area contributed by atoms with Crippen LogP contribution >= 0.6 is 0 Å². The zero-order valence-electron chi connectivity index (χ0n) is 17.2. The smallest absolute Gasteiger partial charge is 0.408 e. The number of carboxylic acid groups (broad SMARTS) is 2. The van der Waals surface area contributed by atoms with Crippen LogP contribution in [0.15, 0.2) is 0 Å². The maximum absolute atomic E-state index is 12.6. The molecule has 0 aliphatic heterocycles. The standard InChI is InChI=1S/C21H33NO6/c1-18(2,3)28-17(27)22-21-10-14-8-19(12-21,6-4-15(23)24)11-20(9-14,13-21)7-5-16(25)26/h14H,4-13H2,1-3H3,(H,22,27)(H,23,24)(H,25,26)/t14?,19-,20+,21?. The Morgan fingerprint density at radius 2 is 1.43 bits per heavy atom. The van der Waals surface area contributed by atoms with E-state index in [1.165, 1.54) is 0 Å². The third-order valence-electron chi connectivity index (χ3n) is 6.80. The van der Waals surface area contributed by atoms with Crippen LogP contribution in [0.4, 0.5) is 4.79 Å². The van der Waals surface area contributed by atoms with Crippen molar-refractivity contribution in [2.24, 2.45) is 16.7 Å². The molecule has 1 amide bonds. The predicted octanol–water partition coefficient (Wildman–Crippen LogP) is 3.95. The molecule has 0 aromatic rings. The highest BCUT2D eigenvalue weighted by atomic mass is 16.6. The van der Waals surface area contributed by atoms with Gasteiger partial charge in [0.1, 0.15) is 5.60 Å². The van der Waals surface area contributed by atoms with Gasteiger partial charge >= 0.3 is 18.0 Å². The van der Waals surface area contributed by atoms with E-state index in [0.29, 0.717) is 18.8 Å². The minimum absolute atomic E-state index is 0.115. The van der Waals surface area contributed by atoms with Crippen molar-refractivity contribution in [3.8, 4) is 0 Å².